The summed E-state index contributed by atoms with van der Waals surface area (Å²) in [5.74, 6) is 1.30. The molecule has 6 nitrogen and oxygen atoms in total. The lowest BCUT2D eigenvalue weighted by Crippen LogP contribution is -2.18. The van der Waals surface area contributed by atoms with E-state index in [1.807, 2.05) is 0 Å². The molecule has 0 saturated heterocycles. The fourth-order valence-corrected chi connectivity index (χ4v) is 1.38. The van der Waals surface area contributed by atoms with Crippen LogP contribution in [0.5, 0.6) is 0 Å². The zero-order chi connectivity index (χ0) is 11.9. The molecule has 0 amide bonds. The van der Waals surface area contributed by atoms with E-state index in [4.69, 9.17) is 4.74 Å². The topological polar surface area (TPSA) is 75.7 Å². The Morgan fingerprint density at radius 2 is 2.12 bits per heavy atom. The molecular formula is C11H15N5O. The van der Waals surface area contributed by atoms with Crippen LogP contribution in [-0.4, -0.2) is 40.2 Å². The van der Waals surface area contributed by atoms with Crippen LogP contribution < -0.4 is 5.32 Å². The van der Waals surface area contributed by atoms with Crippen molar-refractivity contribution in [2.45, 2.75) is 6.54 Å². The number of nitrogens with one attached hydrogen (secondary N) is 2. The molecule has 2 aromatic heterocycles. The summed E-state index contributed by atoms with van der Waals surface area (Å²) < 4.78 is 4.95. The fraction of sp³-hybridized carbons (Fsp3) is 0.364. The molecule has 0 bridgehead atoms. The highest BCUT2D eigenvalue weighted by Gasteiger charge is 2.04. The van der Waals surface area contributed by atoms with Crippen molar-refractivity contribution in [2.24, 2.45) is 0 Å². The Hall–Kier alpha value is -1.79. The molecule has 2 aromatic rings. The summed E-state index contributed by atoms with van der Waals surface area (Å²) >= 11 is 0. The van der Waals surface area contributed by atoms with Gasteiger partial charge in [0.15, 0.2) is 11.6 Å². The smallest absolute Gasteiger partial charge is 0.195 e. The molecular weight excluding hydrogens is 218 g/mol. The van der Waals surface area contributed by atoms with Gasteiger partial charge in [-0.15, -0.1) is 0 Å². The summed E-state index contributed by atoms with van der Waals surface area (Å²) in [6.45, 7) is 2.23. The molecule has 6 heteroatoms. The van der Waals surface area contributed by atoms with Crippen LogP contribution in [0.15, 0.2) is 24.7 Å². The minimum atomic E-state index is 0.607. The fourth-order valence-electron chi connectivity index (χ4n) is 1.38. The molecule has 0 aromatic carbocycles. The maximum Gasteiger partial charge on any atom is 0.195 e. The van der Waals surface area contributed by atoms with Crippen molar-refractivity contribution in [3.8, 4) is 11.6 Å². The molecule has 0 atom stereocenters. The van der Waals surface area contributed by atoms with E-state index in [-0.39, 0.29) is 0 Å². The maximum atomic E-state index is 4.95. The van der Waals surface area contributed by atoms with Gasteiger partial charge < -0.3 is 15.0 Å². The van der Waals surface area contributed by atoms with Gasteiger partial charge in [-0.25, -0.2) is 15.0 Å². The first-order valence-electron chi connectivity index (χ1n) is 5.41. The van der Waals surface area contributed by atoms with Crippen molar-refractivity contribution in [2.75, 3.05) is 20.3 Å². The van der Waals surface area contributed by atoms with E-state index in [9.17, 15) is 0 Å². The number of nitrogens with zero attached hydrogens (tertiary/aromatic N) is 3. The molecule has 0 aliphatic rings. The number of hydrogen-bond donors (Lipinski definition) is 2. The maximum absolute atomic E-state index is 4.95. The summed E-state index contributed by atoms with van der Waals surface area (Å²) in [5.41, 5.74) is 1.00. The molecule has 0 aliphatic carbocycles. The van der Waals surface area contributed by atoms with Gasteiger partial charge >= 0.3 is 0 Å². The number of hydrogen-bond acceptors (Lipinski definition) is 5. The van der Waals surface area contributed by atoms with E-state index in [0.717, 1.165) is 18.8 Å². The van der Waals surface area contributed by atoms with Crippen LogP contribution in [0.2, 0.25) is 0 Å². The van der Waals surface area contributed by atoms with Crippen LogP contribution >= 0.6 is 0 Å². The van der Waals surface area contributed by atoms with Gasteiger partial charge in [-0.1, -0.05) is 0 Å². The average molecular weight is 233 g/mol. The summed E-state index contributed by atoms with van der Waals surface area (Å²) in [4.78, 5) is 15.7. The van der Waals surface area contributed by atoms with Gasteiger partial charge in [-0.05, 0) is 6.07 Å². The second-order valence-corrected chi connectivity index (χ2v) is 3.50. The molecule has 0 radical (unpaired) electrons. The van der Waals surface area contributed by atoms with Crippen molar-refractivity contribution in [1.29, 1.82) is 0 Å². The van der Waals surface area contributed by atoms with Crippen molar-refractivity contribution in [3.05, 3.63) is 30.4 Å². The van der Waals surface area contributed by atoms with Gasteiger partial charge in [0.2, 0.25) is 0 Å². The van der Waals surface area contributed by atoms with Crippen LogP contribution in [0.1, 0.15) is 5.69 Å². The Bertz CT molecular complexity index is 442. The lowest BCUT2D eigenvalue weighted by Gasteiger charge is -2.00. The van der Waals surface area contributed by atoms with E-state index < -0.39 is 0 Å². The van der Waals surface area contributed by atoms with Crippen molar-refractivity contribution in [3.63, 3.8) is 0 Å². The first-order chi connectivity index (χ1) is 8.40. The highest BCUT2D eigenvalue weighted by atomic mass is 16.5. The van der Waals surface area contributed by atoms with Gasteiger partial charge in [0, 0.05) is 38.3 Å². The van der Waals surface area contributed by atoms with Gasteiger partial charge in [-0.3, -0.25) is 0 Å². The van der Waals surface area contributed by atoms with Gasteiger partial charge in [0.1, 0.15) is 0 Å². The summed E-state index contributed by atoms with van der Waals surface area (Å²) in [6, 6.07) is 1.78. The highest BCUT2D eigenvalue weighted by Crippen LogP contribution is 2.08. The molecule has 2 heterocycles. The molecule has 0 fully saturated rings. The van der Waals surface area contributed by atoms with Crippen LogP contribution in [0.3, 0.4) is 0 Å². The molecule has 17 heavy (non-hydrogen) atoms. The lowest BCUT2D eigenvalue weighted by atomic mass is 10.4. The van der Waals surface area contributed by atoms with Crippen molar-refractivity contribution in [1.82, 2.24) is 25.3 Å². The minimum Gasteiger partial charge on any atom is -0.383 e. The van der Waals surface area contributed by atoms with E-state index in [2.05, 4.69) is 25.3 Å². The van der Waals surface area contributed by atoms with Crippen LogP contribution in [0.25, 0.3) is 11.6 Å². The van der Waals surface area contributed by atoms with Crippen LogP contribution in [0, 0.1) is 0 Å². The molecule has 2 rings (SSSR count). The summed E-state index contributed by atoms with van der Waals surface area (Å²) in [5, 5.41) is 3.23. The number of rotatable bonds is 6. The number of methoxy groups -OCH3 is 1. The normalized spacial score (nSPS) is 10.6. The third-order valence-electron chi connectivity index (χ3n) is 2.20. The van der Waals surface area contributed by atoms with E-state index in [1.54, 1.807) is 31.8 Å². The highest BCUT2D eigenvalue weighted by molar-refractivity contribution is 5.42. The lowest BCUT2D eigenvalue weighted by molar-refractivity contribution is 0.199. The third-order valence-corrected chi connectivity index (χ3v) is 2.20. The predicted octanol–water partition coefficient (Wildman–Crippen LogP) is 0.603. The average Bonchev–Trinajstić information content (AvgIpc) is 2.85. The van der Waals surface area contributed by atoms with Crippen molar-refractivity contribution < 1.29 is 4.74 Å². The van der Waals surface area contributed by atoms with Crippen molar-refractivity contribution >= 4 is 0 Å². The first kappa shape index (κ1) is 11.7. The quantitative estimate of drug-likeness (QED) is 0.715. The van der Waals surface area contributed by atoms with E-state index in [0.29, 0.717) is 18.3 Å². The molecule has 90 valence electrons. The van der Waals surface area contributed by atoms with Crippen LogP contribution in [-0.2, 0) is 11.3 Å². The Morgan fingerprint density at radius 1 is 1.29 bits per heavy atom. The standard InChI is InChI=1S/C11H15N5O/c1-17-6-5-12-7-9-8-15-11(16-9)10-13-3-2-4-14-10/h2-4,8,12H,5-7H2,1H3,(H,15,16). The Labute approximate surface area is 99.5 Å². The molecule has 0 spiro atoms. The second kappa shape index (κ2) is 6.07. The zero-order valence-electron chi connectivity index (χ0n) is 9.68. The first-order valence-corrected chi connectivity index (χ1v) is 5.41. The number of H-pyrrole nitrogens is 1. The third kappa shape index (κ3) is 3.33. The summed E-state index contributed by atoms with van der Waals surface area (Å²) in [6.07, 6.45) is 5.17. The van der Waals surface area contributed by atoms with Gasteiger partial charge in [-0.2, -0.15) is 0 Å². The number of imidazole rings is 1. The SMILES string of the molecule is COCCNCc1cnc(-c2ncccn2)[nH]1. The largest absolute Gasteiger partial charge is 0.383 e. The predicted molar refractivity (Wildman–Crippen MR) is 63.2 cm³/mol. The van der Waals surface area contributed by atoms with Gasteiger partial charge in [0.25, 0.3) is 0 Å². The Morgan fingerprint density at radius 3 is 2.88 bits per heavy atom. The van der Waals surface area contributed by atoms with E-state index >= 15 is 0 Å². The Kier molecular flexibility index (Phi) is 4.17. The van der Waals surface area contributed by atoms with Crippen LogP contribution in [0.4, 0.5) is 0 Å². The monoisotopic (exact) mass is 233 g/mol. The molecule has 0 unspecified atom stereocenters. The summed E-state index contributed by atoms with van der Waals surface area (Å²) in [7, 11) is 1.68. The zero-order valence-corrected chi connectivity index (χ0v) is 9.68. The molecule has 0 aliphatic heterocycles. The van der Waals surface area contributed by atoms with Gasteiger partial charge in [0.05, 0.1) is 12.8 Å². The number of ether oxygens (including phenoxy) is 1. The number of aromatic amines is 1. The number of aromatic nitrogens is 4. The Balaban J connectivity index is 1.92. The minimum absolute atomic E-state index is 0.607. The second-order valence-electron chi connectivity index (χ2n) is 3.50. The molecule has 0 saturated carbocycles. The van der Waals surface area contributed by atoms with E-state index in [1.165, 1.54) is 0 Å². The molecule has 2 N–H and O–H groups in total.